The number of rotatable bonds is 8. The maximum atomic E-state index is 3.71. The highest BCUT2D eigenvalue weighted by Crippen LogP contribution is 2.30. The maximum Gasteiger partial charge on any atom is 0.0243 e. The molecule has 112 valence electrons. The highest BCUT2D eigenvalue weighted by molar-refractivity contribution is 5.34. The number of nitrogens with one attached hydrogen (secondary N) is 1. The summed E-state index contributed by atoms with van der Waals surface area (Å²) in [5.74, 6) is 0.430. The molecule has 0 fully saturated rings. The van der Waals surface area contributed by atoms with Gasteiger partial charge in [0.1, 0.15) is 0 Å². The number of likely N-dealkylation sites (N-methyl/N-ethyl adjacent to an activating group) is 1. The van der Waals surface area contributed by atoms with Crippen LogP contribution in [0.4, 0.5) is 0 Å². The Bertz CT molecular complexity index is 452. The van der Waals surface area contributed by atoms with Gasteiger partial charge in [0.05, 0.1) is 0 Å². The molecule has 1 heteroatoms. The van der Waals surface area contributed by atoms with Crippen LogP contribution in [-0.2, 0) is 0 Å². The predicted octanol–water partition coefficient (Wildman–Crippen LogP) is 4.99. The third kappa shape index (κ3) is 4.44. The Morgan fingerprint density at radius 2 is 1.33 bits per heavy atom. The van der Waals surface area contributed by atoms with Crippen molar-refractivity contribution in [3.63, 3.8) is 0 Å². The zero-order valence-electron chi connectivity index (χ0n) is 13.3. The largest absolute Gasteiger partial charge is 0.313 e. The summed E-state index contributed by atoms with van der Waals surface area (Å²) in [6.45, 7) is 5.49. The molecule has 1 unspecified atom stereocenters. The molecule has 0 aliphatic rings. The van der Waals surface area contributed by atoms with Gasteiger partial charge in [0.15, 0.2) is 0 Å². The fourth-order valence-electron chi connectivity index (χ4n) is 3.05. The third-order valence-corrected chi connectivity index (χ3v) is 4.05. The van der Waals surface area contributed by atoms with Crippen LogP contribution in [0.2, 0.25) is 0 Å². The topological polar surface area (TPSA) is 12.0 Å². The zero-order chi connectivity index (χ0) is 14.9. The molecule has 0 radical (unpaired) electrons. The molecule has 1 atom stereocenters. The Balaban J connectivity index is 2.34. The Labute approximate surface area is 129 Å². The zero-order valence-corrected chi connectivity index (χ0v) is 13.3. The van der Waals surface area contributed by atoms with Gasteiger partial charge >= 0.3 is 0 Å². The lowest BCUT2D eigenvalue weighted by Crippen LogP contribution is -2.35. The molecule has 0 heterocycles. The average Bonchev–Trinajstić information content (AvgIpc) is 2.55. The van der Waals surface area contributed by atoms with E-state index in [1.165, 1.54) is 30.4 Å². The fourth-order valence-corrected chi connectivity index (χ4v) is 3.05. The van der Waals surface area contributed by atoms with Gasteiger partial charge in [-0.1, -0.05) is 87.4 Å². The molecule has 21 heavy (non-hydrogen) atoms. The van der Waals surface area contributed by atoms with Crippen LogP contribution in [0.1, 0.15) is 50.2 Å². The minimum atomic E-state index is 0.430. The van der Waals surface area contributed by atoms with Gasteiger partial charge in [-0.15, -0.1) is 0 Å². The monoisotopic (exact) mass is 281 g/mol. The van der Waals surface area contributed by atoms with Crippen LogP contribution in [0.15, 0.2) is 60.7 Å². The molecule has 2 aromatic rings. The van der Waals surface area contributed by atoms with Gasteiger partial charge in [0.2, 0.25) is 0 Å². The summed E-state index contributed by atoms with van der Waals surface area (Å²) >= 11 is 0. The van der Waals surface area contributed by atoms with Crippen LogP contribution in [0.5, 0.6) is 0 Å². The van der Waals surface area contributed by atoms with Crippen molar-refractivity contribution in [1.82, 2.24) is 5.32 Å². The first-order chi connectivity index (χ1) is 10.4. The summed E-state index contributed by atoms with van der Waals surface area (Å²) in [6, 6.07) is 22.3. The predicted molar refractivity (Wildman–Crippen MR) is 91.7 cm³/mol. The van der Waals surface area contributed by atoms with Crippen LogP contribution >= 0.6 is 0 Å². The van der Waals surface area contributed by atoms with Gasteiger partial charge < -0.3 is 5.32 Å². The molecule has 0 aliphatic carbocycles. The third-order valence-electron chi connectivity index (χ3n) is 4.05. The molecule has 0 aromatic heterocycles. The van der Waals surface area contributed by atoms with E-state index < -0.39 is 0 Å². The average molecular weight is 281 g/mol. The lowest BCUT2D eigenvalue weighted by molar-refractivity contribution is 0.436. The SMILES string of the molecule is CCCCC(NCC)C(c1ccccc1)c1ccccc1. The standard InChI is InChI=1S/C20H27N/c1-3-5-16-19(21-4-2)20(17-12-8-6-9-13-17)18-14-10-7-11-15-18/h6-15,19-21H,3-5,16H2,1-2H3. The van der Waals surface area contributed by atoms with Gasteiger partial charge in [-0.05, 0) is 24.1 Å². The summed E-state index contributed by atoms with van der Waals surface area (Å²) in [6.07, 6.45) is 3.74. The molecule has 2 aromatic carbocycles. The lowest BCUT2D eigenvalue weighted by Gasteiger charge is -2.29. The smallest absolute Gasteiger partial charge is 0.0243 e. The molecule has 0 saturated heterocycles. The quantitative estimate of drug-likeness (QED) is 0.719. The second-order valence-corrected chi connectivity index (χ2v) is 5.61. The van der Waals surface area contributed by atoms with Crippen molar-refractivity contribution in [2.75, 3.05) is 6.54 Å². The molecule has 1 N–H and O–H groups in total. The van der Waals surface area contributed by atoms with E-state index in [2.05, 4.69) is 79.8 Å². The number of benzene rings is 2. The summed E-state index contributed by atoms with van der Waals surface area (Å²) in [4.78, 5) is 0. The number of hydrogen-bond donors (Lipinski definition) is 1. The Morgan fingerprint density at radius 1 is 0.810 bits per heavy atom. The Morgan fingerprint density at radius 3 is 1.76 bits per heavy atom. The molecule has 0 amide bonds. The van der Waals surface area contributed by atoms with Gasteiger partial charge in [-0.2, -0.15) is 0 Å². The molecule has 0 bridgehead atoms. The minimum Gasteiger partial charge on any atom is -0.313 e. The van der Waals surface area contributed by atoms with E-state index in [1.54, 1.807) is 0 Å². The first-order valence-electron chi connectivity index (χ1n) is 8.20. The van der Waals surface area contributed by atoms with E-state index in [1.807, 2.05) is 0 Å². The molecular weight excluding hydrogens is 254 g/mol. The number of unbranched alkanes of at least 4 members (excludes halogenated alkanes) is 1. The van der Waals surface area contributed by atoms with Crippen molar-refractivity contribution in [2.24, 2.45) is 0 Å². The second-order valence-electron chi connectivity index (χ2n) is 5.61. The Hall–Kier alpha value is -1.60. The van der Waals surface area contributed by atoms with Crippen molar-refractivity contribution in [3.8, 4) is 0 Å². The van der Waals surface area contributed by atoms with Crippen molar-refractivity contribution in [2.45, 2.75) is 45.1 Å². The van der Waals surface area contributed by atoms with Gasteiger partial charge in [0.25, 0.3) is 0 Å². The van der Waals surface area contributed by atoms with Crippen molar-refractivity contribution in [3.05, 3.63) is 71.8 Å². The van der Waals surface area contributed by atoms with Crippen LogP contribution in [0, 0.1) is 0 Å². The molecule has 0 aliphatic heterocycles. The first kappa shape index (κ1) is 15.8. The van der Waals surface area contributed by atoms with E-state index in [0.29, 0.717) is 12.0 Å². The summed E-state index contributed by atoms with van der Waals surface area (Å²) in [5, 5.41) is 3.71. The van der Waals surface area contributed by atoms with E-state index in [-0.39, 0.29) is 0 Å². The summed E-state index contributed by atoms with van der Waals surface area (Å²) in [7, 11) is 0. The van der Waals surface area contributed by atoms with Crippen molar-refractivity contribution in [1.29, 1.82) is 0 Å². The lowest BCUT2D eigenvalue weighted by atomic mass is 9.83. The fraction of sp³-hybridized carbons (Fsp3) is 0.400. The molecule has 2 rings (SSSR count). The van der Waals surface area contributed by atoms with Crippen molar-refractivity contribution >= 4 is 0 Å². The molecule has 0 saturated carbocycles. The van der Waals surface area contributed by atoms with Gasteiger partial charge in [-0.25, -0.2) is 0 Å². The molecule has 0 spiro atoms. The normalized spacial score (nSPS) is 12.5. The molecule has 1 nitrogen and oxygen atoms in total. The van der Waals surface area contributed by atoms with Crippen LogP contribution in [0.25, 0.3) is 0 Å². The Kier molecular flexibility index (Phi) is 6.49. The van der Waals surface area contributed by atoms with Crippen LogP contribution in [0.3, 0.4) is 0 Å². The highest BCUT2D eigenvalue weighted by Gasteiger charge is 2.23. The highest BCUT2D eigenvalue weighted by atomic mass is 14.9. The van der Waals surface area contributed by atoms with Crippen molar-refractivity contribution < 1.29 is 0 Å². The maximum absolute atomic E-state index is 3.71. The molecular formula is C20H27N. The van der Waals surface area contributed by atoms with Gasteiger partial charge in [0, 0.05) is 12.0 Å². The van der Waals surface area contributed by atoms with Crippen LogP contribution < -0.4 is 5.32 Å². The van der Waals surface area contributed by atoms with E-state index in [9.17, 15) is 0 Å². The minimum absolute atomic E-state index is 0.430. The first-order valence-corrected chi connectivity index (χ1v) is 8.20. The summed E-state index contributed by atoms with van der Waals surface area (Å²) < 4.78 is 0. The van der Waals surface area contributed by atoms with Crippen LogP contribution in [-0.4, -0.2) is 12.6 Å². The second kappa shape index (κ2) is 8.63. The van der Waals surface area contributed by atoms with E-state index in [4.69, 9.17) is 0 Å². The van der Waals surface area contributed by atoms with E-state index in [0.717, 1.165) is 6.54 Å². The number of hydrogen-bond acceptors (Lipinski definition) is 1. The van der Waals surface area contributed by atoms with Gasteiger partial charge in [-0.3, -0.25) is 0 Å². The summed E-state index contributed by atoms with van der Waals surface area (Å²) in [5.41, 5.74) is 2.82. The van der Waals surface area contributed by atoms with E-state index >= 15 is 0 Å².